The van der Waals surface area contributed by atoms with Gasteiger partial charge < -0.3 is 4.57 Å². The van der Waals surface area contributed by atoms with Gasteiger partial charge in [0.2, 0.25) is 0 Å². The number of hydrogen-bond donors (Lipinski definition) is 1. The normalized spacial score (nSPS) is 16.1. The average molecular weight is 416 g/mol. The number of nitrogens with one attached hydrogen (secondary N) is 1. The molecule has 4 rings (SSSR count). The molecule has 8 heteroatoms. The molecular weight excluding hydrogens is 401 g/mol. The molecule has 0 spiro atoms. The number of fused-ring (bicyclic) bond motifs is 1. The van der Waals surface area contributed by atoms with Crippen LogP contribution in [0.3, 0.4) is 0 Å². The van der Waals surface area contributed by atoms with E-state index in [0.717, 1.165) is 28.7 Å². The van der Waals surface area contributed by atoms with Crippen LogP contribution in [0.15, 0.2) is 53.6 Å². The summed E-state index contributed by atoms with van der Waals surface area (Å²) in [6.45, 7) is 1.69. The van der Waals surface area contributed by atoms with Crippen LogP contribution in [0.1, 0.15) is 22.3 Å². The molecule has 1 fully saturated rings. The quantitative estimate of drug-likeness (QED) is 0.587. The van der Waals surface area contributed by atoms with Gasteiger partial charge in [-0.05, 0) is 54.1 Å². The number of amides is 2. The van der Waals surface area contributed by atoms with Gasteiger partial charge in [-0.15, -0.1) is 0 Å². The first-order valence-corrected chi connectivity index (χ1v) is 9.53. The number of aromatic nitrogens is 1. The number of aryl methyl sites for hydroxylation is 1. The van der Waals surface area contributed by atoms with Crippen molar-refractivity contribution in [1.82, 2.24) is 9.88 Å². The Morgan fingerprint density at radius 3 is 2.62 bits per heavy atom. The van der Waals surface area contributed by atoms with Gasteiger partial charge in [-0.3, -0.25) is 14.9 Å². The highest BCUT2D eigenvalue weighted by molar-refractivity contribution is 8.18. The van der Waals surface area contributed by atoms with Gasteiger partial charge in [-0.2, -0.15) is 13.2 Å². The third-order valence-corrected chi connectivity index (χ3v) is 5.50. The van der Waals surface area contributed by atoms with Crippen LogP contribution in [0.5, 0.6) is 0 Å². The predicted molar refractivity (Wildman–Crippen MR) is 106 cm³/mol. The zero-order chi connectivity index (χ0) is 20.8. The Morgan fingerprint density at radius 2 is 1.93 bits per heavy atom. The largest absolute Gasteiger partial charge is 0.416 e. The molecule has 1 saturated heterocycles. The molecular formula is C21H15F3N2O2S. The van der Waals surface area contributed by atoms with Gasteiger partial charge in [-0.1, -0.05) is 29.8 Å². The molecule has 2 aromatic carbocycles. The van der Waals surface area contributed by atoms with E-state index in [1.54, 1.807) is 48.0 Å². The van der Waals surface area contributed by atoms with Crippen molar-refractivity contribution in [2.24, 2.45) is 0 Å². The van der Waals surface area contributed by atoms with E-state index in [-0.39, 0.29) is 17.0 Å². The highest BCUT2D eigenvalue weighted by Crippen LogP contribution is 2.34. The Labute approximate surface area is 168 Å². The van der Waals surface area contributed by atoms with Crippen molar-refractivity contribution in [3.63, 3.8) is 0 Å². The summed E-state index contributed by atoms with van der Waals surface area (Å²) in [5.41, 5.74) is 1.54. The highest BCUT2D eigenvalue weighted by Gasteiger charge is 2.33. The first-order valence-electron chi connectivity index (χ1n) is 8.72. The van der Waals surface area contributed by atoms with Gasteiger partial charge >= 0.3 is 6.18 Å². The number of imide groups is 1. The maximum atomic E-state index is 13.4. The fraction of sp³-hybridized carbons (Fsp3) is 0.143. The molecule has 0 radical (unpaired) electrons. The average Bonchev–Trinajstić information content (AvgIpc) is 3.19. The molecule has 0 bridgehead atoms. The molecule has 0 atom stereocenters. The Bertz CT molecular complexity index is 1180. The Hall–Kier alpha value is -3.00. The van der Waals surface area contributed by atoms with Crippen molar-refractivity contribution in [3.8, 4) is 0 Å². The molecule has 4 nitrogen and oxygen atoms in total. The van der Waals surface area contributed by atoms with E-state index in [0.29, 0.717) is 11.1 Å². The summed E-state index contributed by atoms with van der Waals surface area (Å²) in [6, 6.07) is 11.5. The minimum absolute atomic E-state index is 0.0619. The molecule has 2 heterocycles. The maximum Gasteiger partial charge on any atom is 0.416 e. The molecule has 148 valence electrons. The van der Waals surface area contributed by atoms with E-state index in [9.17, 15) is 22.8 Å². The minimum Gasteiger partial charge on any atom is -0.343 e. The molecule has 2 amide bonds. The second-order valence-corrected chi connectivity index (χ2v) is 7.75. The molecule has 1 N–H and O–H groups in total. The number of halogens is 3. The first kappa shape index (κ1) is 19.3. The third-order valence-electron chi connectivity index (χ3n) is 4.69. The number of carbonyl (C=O) groups excluding carboxylic acids is 2. The summed E-state index contributed by atoms with van der Waals surface area (Å²) in [4.78, 5) is 23.4. The van der Waals surface area contributed by atoms with Gasteiger partial charge in [0.05, 0.1) is 10.5 Å². The lowest BCUT2D eigenvalue weighted by Gasteiger charge is -2.15. The van der Waals surface area contributed by atoms with Crippen LogP contribution in [-0.2, 0) is 17.5 Å². The fourth-order valence-electron chi connectivity index (χ4n) is 3.35. The summed E-state index contributed by atoms with van der Waals surface area (Å²) in [5.74, 6) is -0.453. The molecule has 0 aliphatic carbocycles. The van der Waals surface area contributed by atoms with Gasteiger partial charge in [0.25, 0.3) is 11.1 Å². The van der Waals surface area contributed by atoms with Crippen LogP contribution in [0, 0.1) is 6.92 Å². The van der Waals surface area contributed by atoms with Crippen LogP contribution in [0.4, 0.5) is 18.0 Å². The monoisotopic (exact) mass is 416 g/mol. The number of nitrogens with zero attached hydrogens (tertiary/aromatic N) is 1. The topological polar surface area (TPSA) is 51.1 Å². The van der Waals surface area contributed by atoms with Gasteiger partial charge in [0.15, 0.2) is 0 Å². The van der Waals surface area contributed by atoms with Crippen LogP contribution in [0.25, 0.3) is 17.0 Å². The van der Waals surface area contributed by atoms with Crippen LogP contribution in [-0.4, -0.2) is 15.7 Å². The number of carbonyl (C=O) groups is 2. The number of alkyl halides is 3. The first-order chi connectivity index (χ1) is 13.7. The Kier molecular flexibility index (Phi) is 4.74. The number of thioether (sulfide) groups is 1. The van der Waals surface area contributed by atoms with Crippen molar-refractivity contribution in [2.75, 3.05) is 0 Å². The van der Waals surface area contributed by atoms with Crippen molar-refractivity contribution < 1.29 is 22.8 Å². The zero-order valence-electron chi connectivity index (χ0n) is 15.2. The second kappa shape index (κ2) is 7.11. The lowest BCUT2D eigenvalue weighted by atomic mass is 10.0. The Balaban J connectivity index is 1.74. The SMILES string of the molecule is Cc1ccc(Cn2ccc3c(/C=C4\SC(=O)NC4=O)cccc32)c(C(F)(F)F)c1. The lowest BCUT2D eigenvalue weighted by Crippen LogP contribution is -2.17. The third kappa shape index (κ3) is 3.80. The van der Waals surface area contributed by atoms with Crippen LogP contribution < -0.4 is 5.32 Å². The molecule has 0 saturated carbocycles. The van der Waals surface area contributed by atoms with E-state index in [4.69, 9.17) is 0 Å². The van der Waals surface area contributed by atoms with E-state index >= 15 is 0 Å². The zero-order valence-corrected chi connectivity index (χ0v) is 16.0. The molecule has 29 heavy (non-hydrogen) atoms. The van der Waals surface area contributed by atoms with Gasteiger partial charge in [-0.25, -0.2) is 0 Å². The van der Waals surface area contributed by atoms with Crippen molar-refractivity contribution in [2.45, 2.75) is 19.6 Å². The molecule has 1 aliphatic heterocycles. The lowest BCUT2D eigenvalue weighted by molar-refractivity contribution is -0.138. The minimum atomic E-state index is -4.43. The number of rotatable bonds is 3. The van der Waals surface area contributed by atoms with Crippen molar-refractivity contribution in [3.05, 3.63) is 75.8 Å². The van der Waals surface area contributed by atoms with Crippen LogP contribution in [0.2, 0.25) is 0 Å². The summed E-state index contributed by atoms with van der Waals surface area (Å²) < 4.78 is 42.1. The summed E-state index contributed by atoms with van der Waals surface area (Å²) in [7, 11) is 0. The number of benzene rings is 2. The molecule has 3 aromatic rings. The van der Waals surface area contributed by atoms with Crippen molar-refractivity contribution >= 4 is 39.9 Å². The Morgan fingerprint density at radius 1 is 1.14 bits per heavy atom. The summed E-state index contributed by atoms with van der Waals surface area (Å²) in [5, 5.41) is 2.56. The molecule has 1 aliphatic rings. The predicted octanol–water partition coefficient (Wildman–Crippen LogP) is 5.34. The number of hydrogen-bond acceptors (Lipinski definition) is 3. The summed E-state index contributed by atoms with van der Waals surface area (Å²) >= 11 is 0.822. The van der Waals surface area contributed by atoms with E-state index in [1.165, 1.54) is 6.07 Å². The van der Waals surface area contributed by atoms with E-state index < -0.39 is 22.9 Å². The fourth-order valence-corrected chi connectivity index (χ4v) is 4.02. The smallest absolute Gasteiger partial charge is 0.343 e. The molecule has 1 aromatic heterocycles. The van der Waals surface area contributed by atoms with Gasteiger partial charge in [0, 0.05) is 23.6 Å². The summed E-state index contributed by atoms with van der Waals surface area (Å²) in [6.07, 6.45) is -1.09. The maximum absolute atomic E-state index is 13.4. The van der Waals surface area contributed by atoms with E-state index in [2.05, 4.69) is 5.32 Å². The van der Waals surface area contributed by atoms with Crippen molar-refractivity contribution in [1.29, 1.82) is 0 Å². The standard InChI is InChI=1S/C21H15F3N2O2S/c1-12-5-6-14(16(9-12)21(22,23)24)11-26-8-7-15-13(3-2-4-17(15)26)10-18-19(27)25-20(28)29-18/h2-10H,11H2,1H3,(H,25,27,28)/b18-10-. The van der Waals surface area contributed by atoms with E-state index in [1.807, 2.05) is 6.07 Å². The highest BCUT2D eigenvalue weighted by atomic mass is 32.2. The molecule has 0 unspecified atom stereocenters. The second-order valence-electron chi connectivity index (χ2n) is 6.73. The van der Waals surface area contributed by atoms with Gasteiger partial charge in [0.1, 0.15) is 0 Å². The van der Waals surface area contributed by atoms with Crippen LogP contribution >= 0.6 is 11.8 Å².